The van der Waals surface area contributed by atoms with E-state index in [4.69, 9.17) is 9.84 Å². The van der Waals surface area contributed by atoms with E-state index in [2.05, 4.69) is 21.2 Å². The second kappa shape index (κ2) is 9.53. The number of carbonyl (C=O) groups excluding carboxylic acids is 1. The maximum Gasteiger partial charge on any atom is 0.341 e. The predicted octanol–water partition coefficient (Wildman–Crippen LogP) is 4.37. The van der Waals surface area contributed by atoms with Crippen LogP contribution in [-0.4, -0.2) is 23.6 Å². The van der Waals surface area contributed by atoms with E-state index in [1.165, 1.54) is 6.08 Å². The molecule has 0 saturated heterocycles. The highest BCUT2D eigenvalue weighted by atomic mass is 127. The Labute approximate surface area is 178 Å². The van der Waals surface area contributed by atoms with Crippen LogP contribution in [0.5, 0.6) is 5.75 Å². The summed E-state index contributed by atoms with van der Waals surface area (Å²) in [5, 5.41) is 20.8. The van der Waals surface area contributed by atoms with Crippen LogP contribution in [0.2, 0.25) is 0 Å². The first-order valence-corrected chi connectivity index (χ1v) is 9.51. The molecular formula is C19H14BrIN2O4. The lowest BCUT2D eigenvalue weighted by molar-refractivity contribution is -0.139. The number of ether oxygens (including phenoxy) is 1. The Morgan fingerprint density at radius 2 is 2.07 bits per heavy atom. The summed E-state index contributed by atoms with van der Waals surface area (Å²) in [6, 6.07) is 12.5. The van der Waals surface area contributed by atoms with Crippen LogP contribution in [0, 0.1) is 21.8 Å². The number of carbonyl (C=O) groups is 2. The number of aryl methyl sites for hydroxylation is 1. The van der Waals surface area contributed by atoms with Crippen LogP contribution in [0.15, 0.2) is 46.4 Å². The molecule has 0 aliphatic heterocycles. The summed E-state index contributed by atoms with van der Waals surface area (Å²) in [6.45, 7) is 1.40. The Hall–Kier alpha value is -2.38. The third kappa shape index (κ3) is 5.80. The van der Waals surface area contributed by atoms with E-state index in [1.807, 2.05) is 47.7 Å². The van der Waals surface area contributed by atoms with Gasteiger partial charge in [0, 0.05) is 5.69 Å². The van der Waals surface area contributed by atoms with Gasteiger partial charge in [-0.15, -0.1) is 0 Å². The molecule has 2 aromatic carbocycles. The smallest absolute Gasteiger partial charge is 0.341 e. The summed E-state index contributed by atoms with van der Waals surface area (Å²) in [5.41, 5.74) is 2.07. The van der Waals surface area contributed by atoms with E-state index in [9.17, 15) is 14.9 Å². The number of benzene rings is 2. The number of anilines is 1. The SMILES string of the molecule is Cc1ccccc1NC(=O)/C(C#N)=C\c1cc(Br)c(OCC(=O)O)c(I)c1. The third-order valence-electron chi connectivity index (χ3n) is 3.43. The molecule has 0 bridgehead atoms. The predicted molar refractivity (Wildman–Crippen MR) is 113 cm³/mol. The Kier molecular flexibility index (Phi) is 7.38. The lowest BCUT2D eigenvalue weighted by Crippen LogP contribution is -2.14. The Balaban J connectivity index is 2.27. The van der Waals surface area contributed by atoms with Gasteiger partial charge in [0.15, 0.2) is 6.61 Å². The molecule has 8 heteroatoms. The monoisotopic (exact) mass is 540 g/mol. The van der Waals surface area contributed by atoms with Gasteiger partial charge in [0.05, 0.1) is 8.04 Å². The van der Waals surface area contributed by atoms with Gasteiger partial charge in [0.25, 0.3) is 5.91 Å². The van der Waals surface area contributed by atoms with E-state index >= 15 is 0 Å². The lowest BCUT2D eigenvalue weighted by Gasteiger charge is -2.10. The summed E-state index contributed by atoms with van der Waals surface area (Å²) in [4.78, 5) is 23.1. The fraction of sp³-hybridized carbons (Fsp3) is 0.105. The Morgan fingerprint density at radius 3 is 2.67 bits per heavy atom. The van der Waals surface area contributed by atoms with Crippen molar-refractivity contribution in [2.75, 3.05) is 11.9 Å². The number of carboxylic acids is 1. The molecule has 27 heavy (non-hydrogen) atoms. The first kappa shape index (κ1) is 20.9. The van der Waals surface area contributed by atoms with Crippen molar-refractivity contribution < 1.29 is 19.4 Å². The van der Waals surface area contributed by atoms with Gasteiger partial charge in [-0.25, -0.2) is 4.79 Å². The average Bonchev–Trinajstić information content (AvgIpc) is 2.60. The van der Waals surface area contributed by atoms with Gasteiger partial charge < -0.3 is 15.2 Å². The number of aliphatic carboxylic acids is 1. The van der Waals surface area contributed by atoms with Crippen molar-refractivity contribution in [3.05, 3.63) is 61.1 Å². The molecule has 0 atom stereocenters. The summed E-state index contributed by atoms with van der Waals surface area (Å²) in [7, 11) is 0. The number of halogens is 2. The van der Waals surface area contributed by atoms with Crippen LogP contribution in [-0.2, 0) is 9.59 Å². The van der Waals surface area contributed by atoms with Crippen LogP contribution < -0.4 is 10.1 Å². The van der Waals surface area contributed by atoms with Gasteiger partial charge in [0.2, 0.25) is 0 Å². The standard InChI is InChI=1S/C19H14BrIN2O4/c1-11-4-2-3-5-16(11)23-19(26)13(9-22)6-12-7-14(20)18(15(21)8-12)27-10-17(24)25/h2-8H,10H2,1H3,(H,23,26)(H,24,25)/b13-6-. The largest absolute Gasteiger partial charge is 0.480 e. The van der Waals surface area contributed by atoms with E-state index < -0.39 is 18.5 Å². The van der Waals surface area contributed by atoms with E-state index in [0.29, 0.717) is 25.0 Å². The van der Waals surface area contributed by atoms with Crippen LogP contribution in [0.4, 0.5) is 5.69 Å². The minimum atomic E-state index is -1.08. The van der Waals surface area contributed by atoms with Gasteiger partial charge in [-0.2, -0.15) is 5.26 Å². The minimum absolute atomic E-state index is 0.0554. The number of hydrogen-bond acceptors (Lipinski definition) is 4. The topological polar surface area (TPSA) is 99.4 Å². The number of carboxylic acid groups (broad SMARTS) is 1. The number of para-hydroxylation sites is 1. The third-order valence-corrected chi connectivity index (χ3v) is 4.82. The normalized spacial score (nSPS) is 10.8. The molecule has 0 radical (unpaired) electrons. The second-order valence-corrected chi connectivity index (χ2v) is 7.45. The highest BCUT2D eigenvalue weighted by Crippen LogP contribution is 2.32. The molecule has 2 rings (SSSR count). The minimum Gasteiger partial charge on any atom is -0.480 e. The van der Waals surface area contributed by atoms with Crippen molar-refractivity contribution in [1.29, 1.82) is 5.26 Å². The van der Waals surface area contributed by atoms with Gasteiger partial charge in [-0.05, 0) is 80.8 Å². The van der Waals surface area contributed by atoms with Crippen molar-refractivity contribution in [1.82, 2.24) is 0 Å². The number of nitrogens with one attached hydrogen (secondary N) is 1. The molecule has 0 unspecified atom stereocenters. The molecule has 0 saturated carbocycles. The number of nitrogens with zero attached hydrogens (tertiary/aromatic N) is 1. The van der Waals surface area contributed by atoms with Gasteiger partial charge in [-0.3, -0.25) is 4.79 Å². The molecule has 0 fully saturated rings. The molecule has 0 spiro atoms. The van der Waals surface area contributed by atoms with Crippen molar-refractivity contribution in [3.8, 4) is 11.8 Å². The molecule has 0 aliphatic rings. The molecule has 0 aliphatic carbocycles. The van der Waals surface area contributed by atoms with E-state index in [-0.39, 0.29) is 5.57 Å². The highest BCUT2D eigenvalue weighted by Gasteiger charge is 2.14. The molecule has 138 valence electrons. The van der Waals surface area contributed by atoms with Crippen molar-refractivity contribution in [2.45, 2.75) is 6.92 Å². The first-order chi connectivity index (χ1) is 12.8. The zero-order chi connectivity index (χ0) is 20.0. The van der Waals surface area contributed by atoms with Gasteiger partial charge in [0.1, 0.15) is 17.4 Å². The van der Waals surface area contributed by atoms with Crippen LogP contribution in [0.25, 0.3) is 6.08 Å². The van der Waals surface area contributed by atoms with Crippen molar-refractivity contribution in [2.24, 2.45) is 0 Å². The second-order valence-electron chi connectivity index (χ2n) is 5.43. The summed E-state index contributed by atoms with van der Waals surface area (Å²) in [5.74, 6) is -1.21. The zero-order valence-electron chi connectivity index (χ0n) is 14.1. The number of nitriles is 1. The van der Waals surface area contributed by atoms with E-state index in [1.54, 1.807) is 24.3 Å². The Bertz CT molecular complexity index is 943. The van der Waals surface area contributed by atoms with Crippen molar-refractivity contribution in [3.63, 3.8) is 0 Å². The molecular weight excluding hydrogens is 527 g/mol. The van der Waals surface area contributed by atoms with Gasteiger partial charge >= 0.3 is 5.97 Å². The zero-order valence-corrected chi connectivity index (χ0v) is 17.9. The van der Waals surface area contributed by atoms with Gasteiger partial charge in [-0.1, -0.05) is 18.2 Å². The average molecular weight is 541 g/mol. The Morgan fingerprint density at radius 1 is 1.37 bits per heavy atom. The lowest BCUT2D eigenvalue weighted by atomic mass is 10.1. The summed E-state index contributed by atoms with van der Waals surface area (Å²) in [6.07, 6.45) is 1.46. The molecule has 1 amide bonds. The molecule has 0 heterocycles. The maximum absolute atomic E-state index is 12.4. The van der Waals surface area contributed by atoms with Crippen LogP contribution in [0.3, 0.4) is 0 Å². The molecule has 2 aromatic rings. The fourth-order valence-electron chi connectivity index (χ4n) is 2.15. The summed E-state index contributed by atoms with van der Waals surface area (Å²) >= 11 is 5.32. The maximum atomic E-state index is 12.4. The number of rotatable bonds is 6. The molecule has 0 aromatic heterocycles. The molecule has 2 N–H and O–H groups in total. The quantitative estimate of drug-likeness (QED) is 0.322. The van der Waals surface area contributed by atoms with Crippen molar-refractivity contribution >= 4 is 62.2 Å². The number of hydrogen-bond donors (Lipinski definition) is 2. The highest BCUT2D eigenvalue weighted by molar-refractivity contribution is 14.1. The van der Waals surface area contributed by atoms with Crippen LogP contribution in [0.1, 0.15) is 11.1 Å². The fourth-order valence-corrected chi connectivity index (χ4v) is 3.92. The van der Waals surface area contributed by atoms with Crippen LogP contribution >= 0.6 is 38.5 Å². The molecule has 6 nitrogen and oxygen atoms in total. The summed E-state index contributed by atoms with van der Waals surface area (Å²) < 4.78 is 6.41. The first-order valence-electron chi connectivity index (χ1n) is 7.64. The number of amides is 1. The van der Waals surface area contributed by atoms with E-state index in [0.717, 1.165) is 5.56 Å².